The Morgan fingerprint density at radius 2 is 1.82 bits per heavy atom. The molecule has 33 heavy (non-hydrogen) atoms. The standard InChI is InChI=1S/C24H26N4O4S/c1-16-5-3-4-6-21(16)27-23(18-9-13-20(32-2)14-10-18)25-26-24(27)33-15-22(29)17-7-11-19(12-8-17)28(30)31/h7-14,16,21H,3-6,15H2,1-2H3/t16-,21-/m0/s1. The molecule has 0 N–H and O–H groups in total. The normalized spacial score (nSPS) is 18.1. The van der Waals surface area contributed by atoms with Crippen LogP contribution in [0, 0.1) is 16.0 Å². The number of Topliss-reactive ketones (excluding diaryl/α,β-unsaturated/α-hetero) is 1. The van der Waals surface area contributed by atoms with E-state index in [1.54, 1.807) is 7.11 Å². The molecule has 0 amide bonds. The molecule has 4 rings (SSSR count). The van der Waals surface area contributed by atoms with E-state index in [4.69, 9.17) is 4.74 Å². The third-order valence-corrected chi connectivity index (χ3v) is 7.09. The molecule has 0 spiro atoms. The van der Waals surface area contributed by atoms with Gasteiger partial charge in [-0.1, -0.05) is 31.5 Å². The number of aromatic nitrogens is 3. The van der Waals surface area contributed by atoms with Crippen LogP contribution in [0.25, 0.3) is 11.4 Å². The van der Waals surface area contributed by atoms with Gasteiger partial charge >= 0.3 is 0 Å². The number of nitro groups is 1. The molecule has 0 bridgehead atoms. The van der Waals surface area contributed by atoms with E-state index < -0.39 is 4.92 Å². The van der Waals surface area contributed by atoms with Gasteiger partial charge in [-0.05, 0) is 55.2 Å². The van der Waals surface area contributed by atoms with E-state index in [9.17, 15) is 14.9 Å². The fourth-order valence-electron chi connectivity index (χ4n) is 4.27. The number of hydrogen-bond donors (Lipinski definition) is 0. The van der Waals surface area contributed by atoms with E-state index in [1.165, 1.54) is 42.4 Å². The van der Waals surface area contributed by atoms with E-state index in [2.05, 4.69) is 21.7 Å². The first-order valence-corrected chi connectivity index (χ1v) is 12.0. The van der Waals surface area contributed by atoms with Gasteiger partial charge in [0, 0.05) is 29.3 Å². The summed E-state index contributed by atoms with van der Waals surface area (Å²) < 4.78 is 7.47. The SMILES string of the molecule is COc1ccc(-c2nnc(SCC(=O)c3ccc([N+](=O)[O-])cc3)n2[C@H]2CCCC[C@@H]2C)cc1. The maximum atomic E-state index is 12.7. The average Bonchev–Trinajstić information content (AvgIpc) is 3.26. The number of ketones is 1. The largest absolute Gasteiger partial charge is 0.497 e. The van der Waals surface area contributed by atoms with Crippen molar-refractivity contribution >= 4 is 23.2 Å². The zero-order valence-corrected chi connectivity index (χ0v) is 19.5. The molecule has 2 atom stereocenters. The topological polar surface area (TPSA) is 100 Å². The summed E-state index contributed by atoms with van der Waals surface area (Å²) in [6, 6.07) is 13.7. The lowest BCUT2D eigenvalue weighted by Gasteiger charge is -2.31. The minimum Gasteiger partial charge on any atom is -0.497 e. The highest BCUT2D eigenvalue weighted by Crippen LogP contribution is 2.39. The number of carbonyl (C=O) groups excluding carboxylic acids is 1. The zero-order chi connectivity index (χ0) is 23.4. The lowest BCUT2D eigenvalue weighted by molar-refractivity contribution is -0.384. The third-order valence-electron chi connectivity index (χ3n) is 6.14. The first kappa shape index (κ1) is 23.0. The van der Waals surface area contributed by atoms with Crippen LogP contribution in [0.1, 0.15) is 49.0 Å². The van der Waals surface area contributed by atoms with E-state index >= 15 is 0 Å². The number of methoxy groups -OCH3 is 1. The Balaban J connectivity index is 1.59. The van der Waals surface area contributed by atoms with Crippen LogP contribution < -0.4 is 4.74 Å². The highest BCUT2D eigenvalue weighted by Gasteiger charge is 2.29. The van der Waals surface area contributed by atoms with Crippen LogP contribution in [0.5, 0.6) is 5.75 Å². The monoisotopic (exact) mass is 466 g/mol. The van der Waals surface area contributed by atoms with Gasteiger partial charge in [-0.2, -0.15) is 0 Å². The Bertz CT molecular complexity index is 1130. The Morgan fingerprint density at radius 1 is 1.12 bits per heavy atom. The second-order valence-corrected chi connectivity index (χ2v) is 9.19. The van der Waals surface area contributed by atoms with Crippen LogP contribution in [-0.2, 0) is 0 Å². The van der Waals surface area contributed by atoms with Crippen molar-refractivity contribution in [2.75, 3.05) is 12.9 Å². The van der Waals surface area contributed by atoms with Gasteiger partial charge in [0.2, 0.25) is 0 Å². The van der Waals surface area contributed by atoms with Gasteiger partial charge in [-0.25, -0.2) is 0 Å². The minimum atomic E-state index is -0.475. The predicted molar refractivity (Wildman–Crippen MR) is 127 cm³/mol. The average molecular weight is 467 g/mol. The highest BCUT2D eigenvalue weighted by molar-refractivity contribution is 7.99. The van der Waals surface area contributed by atoms with Crippen LogP contribution in [0.15, 0.2) is 53.7 Å². The molecule has 0 unspecified atom stereocenters. The van der Waals surface area contributed by atoms with Crippen LogP contribution in [0.4, 0.5) is 5.69 Å². The molecule has 0 saturated heterocycles. The summed E-state index contributed by atoms with van der Waals surface area (Å²) in [4.78, 5) is 23.1. The van der Waals surface area contributed by atoms with Gasteiger partial charge in [0.15, 0.2) is 16.8 Å². The van der Waals surface area contributed by atoms with Gasteiger partial charge in [-0.15, -0.1) is 10.2 Å². The summed E-state index contributed by atoms with van der Waals surface area (Å²) in [5.41, 5.74) is 1.37. The molecule has 1 heterocycles. The highest BCUT2D eigenvalue weighted by atomic mass is 32.2. The van der Waals surface area contributed by atoms with Crippen LogP contribution in [-0.4, -0.2) is 38.3 Å². The number of nitrogens with zero attached hydrogens (tertiary/aromatic N) is 4. The van der Waals surface area contributed by atoms with Gasteiger partial charge in [0.1, 0.15) is 5.75 Å². The third kappa shape index (κ3) is 5.08. The summed E-state index contributed by atoms with van der Waals surface area (Å²) in [5.74, 6) is 2.13. The van der Waals surface area contributed by atoms with Crippen molar-refractivity contribution in [3.8, 4) is 17.1 Å². The van der Waals surface area contributed by atoms with Gasteiger partial charge < -0.3 is 4.74 Å². The van der Waals surface area contributed by atoms with Crippen molar-refractivity contribution in [1.29, 1.82) is 0 Å². The molecule has 1 aliphatic carbocycles. The lowest BCUT2D eigenvalue weighted by atomic mass is 9.85. The minimum absolute atomic E-state index is 0.0330. The number of non-ortho nitro benzene ring substituents is 1. The maximum absolute atomic E-state index is 12.7. The molecule has 1 aliphatic rings. The van der Waals surface area contributed by atoms with Crippen molar-refractivity contribution < 1.29 is 14.5 Å². The smallest absolute Gasteiger partial charge is 0.269 e. The van der Waals surface area contributed by atoms with Gasteiger partial charge in [0.25, 0.3) is 5.69 Å². The Kier molecular flexibility index (Phi) is 7.08. The molecule has 172 valence electrons. The second kappa shape index (κ2) is 10.2. The zero-order valence-electron chi connectivity index (χ0n) is 18.6. The molecule has 2 aromatic carbocycles. The molecular weight excluding hydrogens is 440 g/mol. The Labute approximate surface area is 196 Å². The second-order valence-electron chi connectivity index (χ2n) is 8.25. The molecule has 1 aromatic heterocycles. The summed E-state index contributed by atoms with van der Waals surface area (Å²) in [6.07, 6.45) is 4.57. The van der Waals surface area contributed by atoms with Gasteiger partial charge in [-0.3, -0.25) is 19.5 Å². The number of rotatable bonds is 8. The van der Waals surface area contributed by atoms with Crippen molar-refractivity contribution in [1.82, 2.24) is 14.8 Å². The molecule has 1 fully saturated rings. The molecular formula is C24H26N4O4S. The van der Waals surface area contributed by atoms with Crippen molar-refractivity contribution in [3.63, 3.8) is 0 Å². The van der Waals surface area contributed by atoms with E-state index in [0.717, 1.165) is 41.6 Å². The fourth-order valence-corrected chi connectivity index (χ4v) is 5.16. The summed E-state index contributed by atoms with van der Waals surface area (Å²) >= 11 is 1.36. The summed E-state index contributed by atoms with van der Waals surface area (Å²) in [6.45, 7) is 2.26. The number of hydrogen-bond acceptors (Lipinski definition) is 7. The summed E-state index contributed by atoms with van der Waals surface area (Å²) in [7, 11) is 1.64. The summed E-state index contributed by atoms with van der Waals surface area (Å²) in [5, 5.41) is 20.5. The van der Waals surface area contributed by atoms with E-state index in [1.807, 2.05) is 24.3 Å². The van der Waals surface area contributed by atoms with Crippen LogP contribution >= 0.6 is 11.8 Å². The lowest BCUT2D eigenvalue weighted by Crippen LogP contribution is -2.22. The van der Waals surface area contributed by atoms with Crippen molar-refractivity contribution in [3.05, 3.63) is 64.2 Å². The molecule has 0 aliphatic heterocycles. The van der Waals surface area contributed by atoms with Crippen LogP contribution in [0.2, 0.25) is 0 Å². The first-order valence-electron chi connectivity index (χ1n) is 11.0. The number of nitro benzene ring substituents is 1. The van der Waals surface area contributed by atoms with Crippen molar-refractivity contribution in [2.24, 2.45) is 5.92 Å². The molecule has 3 aromatic rings. The van der Waals surface area contributed by atoms with Crippen LogP contribution in [0.3, 0.4) is 0 Å². The molecule has 0 radical (unpaired) electrons. The maximum Gasteiger partial charge on any atom is 0.269 e. The fraction of sp³-hybridized carbons (Fsp3) is 0.375. The van der Waals surface area contributed by atoms with E-state index in [0.29, 0.717) is 11.5 Å². The number of thioether (sulfide) groups is 1. The number of ether oxygens (including phenoxy) is 1. The predicted octanol–water partition coefficient (Wildman–Crippen LogP) is 5.59. The quantitative estimate of drug-likeness (QED) is 0.185. The number of benzene rings is 2. The van der Waals surface area contributed by atoms with E-state index in [-0.39, 0.29) is 23.3 Å². The molecule has 9 heteroatoms. The Hall–Kier alpha value is -3.20. The number of carbonyl (C=O) groups is 1. The van der Waals surface area contributed by atoms with Crippen molar-refractivity contribution in [2.45, 2.75) is 43.8 Å². The Morgan fingerprint density at radius 3 is 2.45 bits per heavy atom. The molecule has 1 saturated carbocycles. The first-order chi connectivity index (χ1) is 16.0. The van der Waals surface area contributed by atoms with Gasteiger partial charge in [0.05, 0.1) is 17.8 Å². The molecule has 8 nitrogen and oxygen atoms in total.